The minimum atomic E-state index is -0.607. The number of carbonyl (C=O) groups is 2. The second-order valence-electron chi connectivity index (χ2n) is 6.63. The second kappa shape index (κ2) is 9.96. The van der Waals surface area contributed by atoms with Gasteiger partial charge in [-0.25, -0.2) is 0 Å². The number of amides is 1. The smallest absolute Gasteiger partial charge is 0.269 e. The molecule has 1 unspecified atom stereocenters. The summed E-state index contributed by atoms with van der Waals surface area (Å²) in [5.74, 6) is -0.429. The highest BCUT2D eigenvalue weighted by molar-refractivity contribution is 6.31. The molecule has 2 aromatic rings. The molecular formula is C20H22ClN3O4. The Bertz CT molecular complexity index is 858. The predicted octanol–water partition coefficient (Wildman–Crippen LogP) is 3.00. The topological polar surface area (TPSA) is 92.6 Å². The summed E-state index contributed by atoms with van der Waals surface area (Å²) in [7, 11) is 1.70. The van der Waals surface area contributed by atoms with Gasteiger partial charge in [0, 0.05) is 23.7 Å². The third-order valence-corrected chi connectivity index (χ3v) is 4.57. The molecule has 1 amide bonds. The van der Waals surface area contributed by atoms with Crippen molar-refractivity contribution in [2.45, 2.75) is 25.9 Å². The van der Waals surface area contributed by atoms with E-state index in [-0.39, 0.29) is 30.5 Å². The predicted molar refractivity (Wildman–Crippen MR) is 107 cm³/mol. The van der Waals surface area contributed by atoms with Crippen LogP contribution >= 0.6 is 11.6 Å². The van der Waals surface area contributed by atoms with Crippen LogP contribution in [0.4, 0.5) is 5.69 Å². The summed E-state index contributed by atoms with van der Waals surface area (Å²) < 4.78 is 0. The SMILES string of the molecule is CC(=O)C(Cc1ccccc1)NC(=O)CN(C)Cc1cc([N+](=O)[O-])ccc1Cl. The van der Waals surface area contributed by atoms with E-state index < -0.39 is 11.0 Å². The molecule has 0 radical (unpaired) electrons. The van der Waals surface area contributed by atoms with Gasteiger partial charge in [-0.05, 0) is 37.6 Å². The number of nitrogens with one attached hydrogen (secondary N) is 1. The largest absolute Gasteiger partial charge is 0.345 e. The number of hydrogen-bond donors (Lipinski definition) is 1. The van der Waals surface area contributed by atoms with Gasteiger partial charge in [-0.1, -0.05) is 41.9 Å². The number of Topliss-reactive ketones (excluding diaryl/α,β-unsaturated/α-hetero) is 1. The summed E-state index contributed by atoms with van der Waals surface area (Å²) in [6.45, 7) is 1.73. The van der Waals surface area contributed by atoms with Crippen molar-refractivity contribution >= 4 is 29.0 Å². The summed E-state index contributed by atoms with van der Waals surface area (Å²) in [6, 6.07) is 13.0. The molecule has 0 bridgehead atoms. The first kappa shape index (κ1) is 21.5. The van der Waals surface area contributed by atoms with Crippen LogP contribution in [0.5, 0.6) is 0 Å². The van der Waals surface area contributed by atoms with Gasteiger partial charge in [0.1, 0.15) is 0 Å². The summed E-state index contributed by atoms with van der Waals surface area (Å²) in [4.78, 5) is 36.4. The highest BCUT2D eigenvalue weighted by atomic mass is 35.5. The normalized spacial score (nSPS) is 11.9. The van der Waals surface area contributed by atoms with Crippen LogP contribution in [0.15, 0.2) is 48.5 Å². The van der Waals surface area contributed by atoms with E-state index >= 15 is 0 Å². The van der Waals surface area contributed by atoms with Crippen molar-refractivity contribution in [3.05, 3.63) is 74.8 Å². The Morgan fingerprint density at radius 1 is 1.21 bits per heavy atom. The van der Waals surface area contributed by atoms with Gasteiger partial charge in [0.15, 0.2) is 5.78 Å². The maximum absolute atomic E-state index is 12.4. The molecule has 0 heterocycles. The van der Waals surface area contributed by atoms with E-state index in [4.69, 9.17) is 11.6 Å². The zero-order valence-corrected chi connectivity index (χ0v) is 16.5. The lowest BCUT2D eigenvalue weighted by Crippen LogP contribution is -2.45. The number of non-ortho nitro benzene ring substituents is 1. The van der Waals surface area contributed by atoms with Crippen LogP contribution in [-0.4, -0.2) is 41.1 Å². The van der Waals surface area contributed by atoms with Gasteiger partial charge in [-0.15, -0.1) is 0 Å². The molecule has 0 aliphatic rings. The maximum atomic E-state index is 12.4. The van der Waals surface area contributed by atoms with Crippen molar-refractivity contribution < 1.29 is 14.5 Å². The van der Waals surface area contributed by atoms with Crippen LogP contribution < -0.4 is 5.32 Å². The molecular weight excluding hydrogens is 382 g/mol. The van der Waals surface area contributed by atoms with Gasteiger partial charge in [-0.2, -0.15) is 0 Å². The maximum Gasteiger partial charge on any atom is 0.269 e. The van der Waals surface area contributed by atoms with E-state index in [1.165, 1.54) is 25.1 Å². The molecule has 0 saturated carbocycles. The Morgan fingerprint density at radius 2 is 1.89 bits per heavy atom. The molecule has 28 heavy (non-hydrogen) atoms. The molecule has 0 aromatic heterocycles. The average Bonchev–Trinajstić information content (AvgIpc) is 2.63. The zero-order chi connectivity index (χ0) is 20.7. The highest BCUT2D eigenvalue weighted by Crippen LogP contribution is 2.23. The summed E-state index contributed by atoms with van der Waals surface area (Å²) in [5, 5.41) is 14.1. The van der Waals surface area contributed by atoms with Gasteiger partial charge >= 0.3 is 0 Å². The fraction of sp³-hybridized carbons (Fsp3) is 0.300. The number of nitrogens with zero attached hydrogens (tertiary/aromatic N) is 2. The minimum absolute atomic E-state index is 0.0254. The first-order valence-electron chi connectivity index (χ1n) is 8.71. The molecule has 0 saturated heterocycles. The molecule has 7 nitrogen and oxygen atoms in total. The molecule has 1 N–H and O–H groups in total. The Balaban J connectivity index is 1.96. The van der Waals surface area contributed by atoms with Crippen LogP contribution in [0.3, 0.4) is 0 Å². The van der Waals surface area contributed by atoms with Crippen LogP contribution in [0.2, 0.25) is 5.02 Å². The van der Waals surface area contributed by atoms with Gasteiger partial charge < -0.3 is 5.32 Å². The number of likely N-dealkylation sites (N-methyl/N-ethyl adjacent to an activating group) is 1. The van der Waals surface area contributed by atoms with E-state index in [0.29, 0.717) is 17.0 Å². The quantitative estimate of drug-likeness (QED) is 0.513. The number of nitro groups is 1. The number of hydrogen-bond acceptors (Lipinski definition) is 5. The lowest BCUT2D eigenvalue weighted by atomic mass is 10.0. The standard InChI is InChI=1S/C20H22ClN3O4/c1-14(25)19(10-15-6-4-3-5-7-15)22-20(26)13-23(2)12-16-11-17(24(27)28)8-9-18(16)21/h3-9,11,19H,10,12-13H2,1-2H3,(H,22,26). The number of nitro benzene ring substituents is 1. The third-order valence-electron chi connectivity index (χ3n) is 4.20. The second-order valence-corrected chi connectivity index (χ2v) is 7.03. The third kappa shape index (κ3) is 6.44. The van der Waals surface area contributed by atoms with E-state index in [1.54, 1.807) is 11.9 Å². The van der Waals surface area contributed by atoms with Gasteiger partial charge in [-0.3, -0.25) is 24.6 Å². The Kier molecular flexibility index (Phi) is 7.66. The molecule has 0 aliphatic carbocycles. The van der Waals surface area contributed by atoms with Crippen molar-refractivity contribution in [3.8, 4) is 0 Å². The molecule has 0 aliphatic heterocycles. The summed E-state index contributed by atoms with van der Waals surface area (Å²) in [5.41, 5.74) is 1.45. The Labute approximate surface area is 168 Å². The number of benzene rings is 2. The molecule has 1 atom stereocenters. The van der Waals surface area contributed by atoms with Gasteiger partial charge in [0.05, 0.1) is 17.5 Å². The molecule has 2 aromatic carbocycles. The van der Waals surface area contributed by atoms with Crippen molar-refractivity contribution in [3.63, 3.8) is 0 Å². The number of carbonyl (C=O) groups excluding carboxylic acids is 2. The monoisotopic (exact) mass is 403 g/mol. The minimum Gasteiger partial charge on any atom is -0.345 e. The summed E-state index contributed by atoms with van der Waals surface area (Å²) in [6.07, 6.45) is 0.419. The van der Waals surface area contributed by atoms with Crippen molar-refractivity contribution in [1.82, 2.24) is 10.2 Å². The zero-order valence-electron chi connectivity index (χ0n) is 15.7. The molecule has 8 heteroatoms. The molecule has 0 spiro atoms. The Hall–Kier alpha value is -2.77. The van der Waals surface area contributed by atoms with Crippen molar-refractivity contribution in [2.24, 2.45) is 0 Å². The fourth-order valence-electron chi connectivity index (χ4n) is 2.77. The van der Waals surface area contributed by atoms with E-state index in [0.717, 1.165) is 5.56 Å². The summed E-state index contributed by atoms with van der Waals surface area (Å²) >= 11 is 6.10. The Morgan fingerprint density at radius 3 is 2.50 bits per heavy atom. The van der Waals surface area contributed by atoms with Gasteiger partial charge in [0.25, 0.3) is 5.69 Å². The lowest BCUT2D eigenvalue weighted by molar-refractivity contribution is -0.384. The first-order valence-corrected chi connectivity index (χ1v) is 9.09. The van der Waals surface area contributed by atoms with Gasteiger partial charge in [0.2, 0.25) is 5.91 Å². The van der Waals surface area contributed by atoms with E-state index in [9.17, 15) is 19.7 Å². The highest BCUT2D eigenvalue weighted by Gasteiger charge is 2.19. The fourth-order valence-corrected chi connectivity index (χ4v) is 2.95. The van der Waals surface area contributed by atoms with Crippen LogP contribution in [-0.2, 0) is 22.6 Å². The first-order chi connectivity index (χ1) is 13.3. The molecule has 0 fully saturated rings. The number of halogens is 1. The lowest BCUT2D eigenvalue weighted by Gasteiger charge is -2.20. The number of rotatable bonds is 9. The molecule has 148 valence electrons. The average molecular weight is 404 g/mol. The van der Waals surface area contributed by atoms with Crippen molar-refractivity contribution in [1.29, 1.82) is 0 Å². The van der Waals surface area contributed by atoms with E-state index in [1.807, 2.05) is 30.3 Å². The van der Waals surface area contributed by atoms with Crippen LogP contribution in [0.25, 0.3) is 0 Å². The number of ketones is 1. The van der Waals surface area contributed by atoms with Crippen molar-refractivity contribution in [2.75, 3.05) is 13.6 Å². The van der Waals surface area contributed by atoms with Crippen LogP contribution in [0.1, 0.15) is 18.1 Å². The molecule has 2 rings (SSSR count). The van der Waals surface area contributed by atoms with E-state index in [2.05, 4.69) is 5.32 Å². The van der Waals surface area contributed by atoms with Crippen LogP contribution in [0, 0.1) is 10.1 Å².